The second-order valence-corrected chi connectivity index (χ2v) is 2.60. The average Bonchev–Trinajstić information content (AvgIpc) is 2.06. The lowest BCUT2D eigenvalue weighted by Crippen LogP contribution is -2.04. The Labute approximate surface area is 64.6 Å². The fraction of sp³-hybridized carbons (Fsp3) is 0.222. The van der Waals surface area contributed by atoms with E-state index in [1.54, 1.807) is 12.3 Å². The molecule has 1 aliphatic heterocycles. The number of rotatable bonds is 0. The van der Waals surface area contributed by atoms with Gasteiger partial charge in [-0.1, -0.05) is 12.1 Å². The molecule has 1 aromatic carbocycles. The fourth-order valence-corrected chi connectivity index (χ4v) is 1.29. The van der Waals surface area contributed by atoms with Gasteiger partial charge in [0, 0.05) is 18.3 Å². The Bertz CT molecular complexity index is 304. The Morgan fingerprint density at radius 2 is 2.27 bits per heavy atom. The van der Waals surface area contributed by atoms with E-state index in [1.165, 1.54) is 6.07 Å². The molecule has 0 saturated heterocycles. The van der Waals surface area contributed by atoms with Crippen molar-refractivity contribution in [3.05, 3.63) is 35.1 Å². The largest absolute Gasteiger partial charge is 0.292 e. The summed E-state index contributed by atoms with van der Waals surface area (Å²) >= 11 is 0. The molecule has 0 atom stereocenters. The number of benzene rings is 1. The molecular weight excluding hydrogens is 141 g/mol. The number of hydrogen-bond acceptors (Lipinski definition) is 1. The minimum atomic E-state index is -0.161. The van der Waals surface area contributed by atoms with Gasteiger partial charge in [-0.3, -0.25) is 4.99 Å². The van der Waals surface area contributed by atoms with Crippen LogP contribution in [0.3, 0.4) is 0 Å². The molecule has 0 aromatic heterocycles. The van der Waals surface area contributed by atoms with Gasteiger partial charge in [0.05, 0.1) is 0 Å². The molecule has 0 N–H and O–H groups in total. The van der Waals surface area contributed by atoms with E-state index >= 15 is 0 Å². The summed E-state index contributed by atoms with van der Waals surface area (Å²) in [5.74, 6) is -0.161. The van der Waals surface area contributed by atoms with Crippen molar-refractivity contribution in [1.82, 2.24) is 0 Å². The normalized spacial score (nSPS) is 14.6. The Balaban J connectivity index is 2.60. The Kier molecular flexibility index (Phi) is 1.46. The predicted octanol–water partition coefficient (Wildman–Crippen LogP) is 1.80. The number of fused-ring (bicyclic) bond motifs is 1. The van der Waals surface area contributed by atoms with E-state index in [1.807, 2.05) is 6.07 Å². The van der Waals surface area contributed by atoms with Gasteiger partial charge >= 0.3 is 0 Å². The second-order valence-electron chi connectivity index (χ2n) is 2.60. The minimum absolute atomic E-state index is 0.161. The molecule has 2 heteroatoms. The van der Waals surface area contributed by atoms with E-state index in [9.17, 15) is 4.39 Å². The molecule has 56 valence electrons. The van der Waals surface area contributed by atoms with Crippen molar-refractivity contribution in [2.75, 3.05) is 6.54 Å². The second kappa shape index (κ2) is 2.46. The van der Waals surface area contributed by atoms with Gasteiger partial charge in [0.1, 0.15) is 5.82 Å². The maximum absolute atomic E-state index is 13.0. The van der Waals surface area contributed by atoms with Gasteiger partial charge < -0.3 is 0 Å². The van der Waals surface area contributed by atoms with E-state index in [-0.39, 0.29) is 5.82 Å². The van der Waals surface area contributed by atoms with Gasteiger partial charge in [0.25, 0.3) is 0 Å². The molecule has 0 aliphatic carbocycles. The van der Waals surface area contributed by atoms with Crippen LogP contribution in [0.1, 0.15) is 11.1 Å². The Hall–Kier alpha value is -1.18. The van der Waals surface area contributed by atoms with Crippen molar-refractivity contribution < 1.29 is 4.39 Å². The third-order valence-corrected chi connectivity index (χ3v) is 1.87. The Morgan fingerprint density at radius 1 is 1.36 bits per heavy atom. The first-order valence-electron chi connectivity index (χ1n) is 3.65. The molecule has 0 amide bonds. The zero-order chi connectivity index (χ0) is 7.68. The quantitative estimate of drug-likeness (QED) is 0.533. The molecule has 1 aliphatic rings. The van der Waals surface area contributed by atoms with Crippen LogP contribution in [-0.4, -0.2) is 12.8 Å². The molecule has 1 heterocycles. The van der Waals surface area contributed by atoms with Crippen LogP contribution in [-0.2, 0) is 6.42 Å². The van der Waals surface area contributed by atoms with Crippen molar-refractivity contribution >= 4 is 6.21 Å². The zero-order valence-electron chi connectivity index (χ0n) is 6.05. The van der Waals surface area contributed by atoms with E-state index < -0.39 is 0 Å². The van der Waals surface area contributed by atoms with E-state index in [2.05, 4.69) is 4.99 Å². The highest BCUT2D eigenvalue weighted by molar-refractivity contribution is 5.83. The van der Waals surface area contributed by atoms with Gasteiger partial charge in [-0.25, -0.2) is 4.39 Å². The van der Waals surface area contributed by atoms with Crippen LogP contribution in [0.5, 0.6) is 0 Å². The molecule has 0 fully saturated rings. The SMILES string of the molecule is Fc1cccc2c1C=NCC2. The number of hydrogen-bond donors (Lipinski definition) is 0. The lowest BCUT2D eigenvalue weighted by Gasteiger charge is -2.08. The lowest BCUT2D eigenvalue weighted by molar-refractivity contribution is 0.622. The average molecular weight is 149 g/mol. The first kappa shape index (κ1) is 6.53. The van der Waals surface area contributed by atoms with Crippen LogP contribution in [0.2, 0.25) is 0 Å². The van der Waals surface area contributed by atoms with E-state index in [0.29, 0.717) is 5.56 Å². The summed E-state index contributed by atoms with van der Waals surface area (Å²) in [6, 6.07) is 5.16. The molecule has 11 heavy (non-hydrogen) atoms. The van der Waals surface area contributed by atoms with Gasteiger partial charge in [-0.15, -0.1) is 0 Å². The van der Waals surface area contributed by atoms with E-state index in [0.717, 1.165) is 18.5 Å². The monoisotopic (exact) mass is 149 g/mol. The van der Waals surface area contributed by atoms with Crippen molar-refractivity contribution in [2.45, 2.75) is 6.42 Å². The third kappa shape index (κ3) is 1.04. The summed E-state index contributed by atoms with van der Waals surface area (Å²) in [5, 5.41) is 0. The molecule has 0 saturated carbocycles. The lowest BCUT2D eigenvalue weighted by atomic mass is 10.0. The topological polar surface area (TPSA) is 12.4 Å². The third-order valence-electron chi connectivity index (χ3n) is 1.87. The van der Waals surface area contributed by atoms with Crippen LogP contribution in [0.4, 0.5) is 4.39 Å². The number of halogens is 1. The van der Waals surface area contributed by atoms with Gasteiger partial charge in [0.15, 0.2) is 0 Å². The van der Waals surface area contributed by atoms with Crippen LogP contribution < -0.4 is 0 Å². The van der Waals surface area contributed by atoms with Gasteiger partial charge in [-0.2, -0.15) is 0 Å². The molecule has 0 spiro atoms. The highest BCUT2D eigenvalue weighted by atomic mass is 19.1. The van der Waals surface area contributed by atoms with E-state index in [4.69, 9.17) is 0 Å². The van der Waals surface area contributed by atoms with Crippen LogP contribution >= 0.6 is 0 Å². The Morgan fingerprint density at radius 3 is 3.09 bits per heavy atom. The highest BCUT2D eigenvalue weighted by Gasteiger charge is 2.07. The van der Waals surface area contributed by atoms with Gasteiger partial charge in [0.2, 0.25) is 0 Å². The molecule has 0 radical (unpaired) electrons. The smallest absolute Gasteiger partial charge is 0.132 e. The molecule has 1 nitrogen and oxygen atoms in total. The molecular formula is C9H8FN. The maximum Gasteiger partial charge on any atom is 0.132 e. The molecule has 0 unspecified atom stereocenters. The summed E-state index contributed by atoms with van der Waals surface area (Å²) in [4.78, 5) is 4.01. The maximum atomic E-state index is 13.0. The number of nitrogens with zero attached hydrogens (tertiary/aromatic N) is 1. The number of aliphatic imine (C=N–C) groups is 1. The van der Waals surface area contributed by atoms with Crippen LogP contribution in [0, 0.1) is 5.82 Å². The van der Waals surface area contributed by atoms with Crippen molar-refractivity contribution in [3.8, 4) is 0 Å². The summed E-state index contributed by atoms with van der Waals surface area (Å²) in [6.45, 7) is 0.788. The first-order valence-corrected chi connectivity index (χ1v) is 3.65. The summed E-state index contributed by atoms with van der Waals surface area (Å²) in [5.41, 5.74) is 1.73. The fourth-order valence-electron chi connectivity index (χ4n) is 1.29. The van der Waals surface area contributed by atoms with Crippen molar-refractivity contribution in [2.24, 2.45) is 4.99 Å². The first-order chi connectivity index (χ1) is 5.38. The summed E-state index contributed by atoms with van der Waals surface area (Å²) in [7, 11) is 0. The van der Waals surface area contributed by atoms with Crippen LogP contribution in [0.15, 0.2) is 23.2 Å². The highest BCUT2D eigenvalue weighted by Crippen LogP contribution is 2.14. The molecule has 2 rings (SSSR count). The zero-order valence-corrected chi connectivity index (χ0v) is 6.05. The standard InChI is InChI=1S/C9H8FN/c10-9-3-1-2-7-4-5-11-6-8(7)9/h1-3,6H,4-5H2. The van der Waals surface area contributed by atoms with Gasteiger partial charge in [-0.05, 0) is 18.1 Å². The minimum Gasteiger partial charge on any atom is -0.292 e. The van der Waals surface area contributed by atoms with Crippen molar-refractivity contribution in [3.63, 3.8) is 0 Å². The van der Waals surface area contributed by atoms with Crippen LogP contribution in [0.25, 0.3) is 0 Å². The molecule has 0 bridgehead atoms. The summed E-state index contributed by atoms with van der Waals surface area (Å²) in [6.07, 6.45) is 2.48. The molecule has 1 aromatic rings. The predicted molar refractivity (Wildman–Crippen MR) is 42.6 cm³/mol. The van der Waals surface area contributed by atoms with Crippen molar-refractivity contribution in [1.29, 1.82) is 0 Å². The summed E-state index contributed by atoms with van der Waals surface area (Å²) < 4.78 is 13.0.